The molecule has 5 saturated heterocycles. The van der Waals surface area contributed by atoms with E-state index in [9.17, 15) is 29.4 Å². The molecule has 5 heterocycles. The van der Waals surface area contributed by atoms with E-state index >= 15 is 0 Å². The number of aliphatic hydroxyl groups is 2. The number of carbonyl (C=O) groups excluding carboxylic acids is 4. The second-order valence-electron chi connectivity index (χ2n) is 14.2. The topological polar surface area (TPSA) is 152 Å². The number of carbonyl (C=O) groups is 4. The van der Waals surface area contributed by atoms with Gasteiger partial charge in [-0.15, -0.1) is 0 Å². The Balaban J connectivity index is 1.39. The van der Waals surface area contributed by atoms with Crippen LogP contribution in [0.2, 0.25) is 0 Å². The monoisotopic (exact) mass is 607 g/mol. The SMILES string of the molecule is CC(=O)N1CCC(N2C[C@@H]3C[C@H]2C(=O)N2CCO[C@H](CN(C(=O)CC(C)(C)C)C[C@H]4O[C@@H](CC(=O)N3)[C@H](O)[C@@H]4O)C2)CC1. The number of aliphatic hydroxyl groups excluding tert-OH is 2. The molecule has 0 spiro atoms. The lowest BCUT2D eigenvalue weighted by Crippen LogP contribution is -2.57. The Morgan fingerprint density at radius 2 is 1.65 bits per heavy atom. The first kappa shape index (κ1) is 32.1. The van der Waals surface area contributed by atoms with Gasteiger partial charge in [0.1, 0.15) is 18.3 Å². The number of nitrogens with one attached hydrogen (secondary N) is 1. The summed E-state index contributed by atoms with van der Waals surface area (Å²) in [4.78, 5) is 60.1. The van der Waals surface area contributed by atoms with E-state index < -0.39 is 36.6 Å². The van der Waals surface area contributed by atoms with Crippen LogP contribution in [-0.4, -0.2) is 155 Å². The molecule has 0 saturated carbocycles. The van der Waals surface area contributed by atoms with Gasteiger partial charge < -0.3 is 39.7 Å². The number of ether oxygens (including phenoxy) is 2. The van der Waals surface area contributed by atoms with Crippen LogP contribution in [0.5, 0.6) is 0 Å². The van der Waals surface area contributed by atoms with E-state index in [4.69, 9.17) is 9.47 Å². The van der Waals surface area contributed by atoms with Crippen molar-refractivity contribution >= 4 is 23.6 Å². The number of piperidine rings is 1. The Kier molecular flexibility index (Phi) is 9.67. The van der Waals surface area contributed by atoms with Crippen molar-refractivity contribution in [3.05, 3.63) is 0 Å². The summed E-state index contributed by atoms with van der Waals surface area (Å²) in [6.45, 7) is 10.6. The molecule has 0 unspecified atom stereocenters. The van der Waals surface area contributed by atoms with E-state index in [1.165, 1.54) is 0 Å². The highest BCUT2D eigenvalue weighted by atomic mass is 16.5. The van der Waals surface area contributed by atoms with Crippen LogP contribution in [0.15, 0.2) is 0 Å². The molecule has 13 nitrogen and oxygen atoms in total. The number of fused-ring (bicyclic) bond motifs is 6. The fourth-order valence-corrected chi connectivity index (χ4v) is 7.29. The second kappa shape index (κ2) is 13.0. The molecule has 0 aromatic rings. The van der Waals surface area contributed by atoms with Gasteiger partial charge in [0.05, 0.1) is 31.3 Å². The molecule has 0 aliphatic carbocycles. The van der Waals surface area contributed by atoms with Crippen molar-refractivity contribution < 1.29 is 38.9 Å². The van der Waals surface area contributed by atoms with Crippen LogP contribution < -0.4 is 5.32 Å². The van der Waals surface area contributed by atoms with Gasteiger partial charge in [0.25, 0.3) is 0 Å². The van der Waals surface area contributed by atoms with E-state index in [1.54, 1.807) is 11.8 Å². The Morgan fingerprint density at radius 3 is 2.33 bits per heavy atom. The zero-order chi connectivity index (χ0) is 31.1. The third-order valence-corrected chi connectivity index (χ3v) is 9.53. The molecule has 5 fully saturated rings. The molecule has 3 N–H and O–H groups in total. The van der Waals surface area contributed by atoms with Crippen molar-refractivity contribution in [3.8, 4) is 0 Å². The van der Waals surface area contributed by atoms with Gasteiger partial charge >= 0.3 is 0 Å². The van der Waals surface area contributed by atoms with Crippen molar-refractivity contribution in [2.45, 2.75) is 108 Å². The lowest BCUT2D eigenvalue weighted by Gasteiger charge is -2.41. The van der Waals surface area contributed by atoms with E-state index in [-0.39, 0.29) is 67.1 Å². The van der Waals surface area contributed by atoms with Crippen molar-refractivity contribution in [1.29, 1.82) is 0 Å². The third-order valence-electron chi connectivity index (χ3n) is 9.53. The van der Waals surface area contributed by atoms with Crippen LogP contribution in [0.4, 0.5) is 0 Å². The summed E-state index contributed by atoms with van der Waals surface area (Å²) in [5.41, 5.74) is -0.278. The Morgan fingerprint density at radius 1 is 0.953 bits per heavy atom. The maximum absolute atomic E-state index is 14.1. The molecule has 4 amide bonds. The van der Waals surface area contributed by atoms with Gasteiger partial charge in [0.2, 0.25) is 23.6 Å². The van der Waals surface area contributed by atoms with E-state index in [2.05, 4.69) is 10.2 Å². The predicted molar refractivity (Wildman–Crippen MR) is 155 cm³/mol. The van der Waals surface area contributed by atoms with Crippen molar-refractivity contribution in [1.82, 2.24) is 24.9 Å². The summed E-state index contributed by atoms with van der Waals surface area (Å²) >= 11 is 0. The molecule has 13 heteroatoms. The van der Waals surface area contributed by atoms with Crippen molar-refractivity contribution in [3.63, 3.8) is 0 Å². The standard InChI is InChI=1S/C30H49N5O8/c1-18(36)32-7-5-20(6-8-32)35-14-19-11-22(35)29(41)33-9-10-42-21(15-33)16-34(26(38)13-30(2,3)4)17-24-28(40)27(39)23(43-24)12-25(37)31-19/h19-24,27-28,39-40H,5-17H2,1-4H3,(H,31,37)/t19-,21-,22-,23-,24+,27-,28+/m0/s1. The zero-order valence-electron chi connectivity index (χ0n) is 25.9. The first-order valence-corrected chi connectivity index (χ1v) is 15.8. The van der Waals surface area contributed by atoms with Crippen molar-refractivity contribution in [2.24, 2.45) is 5.41 Å². The number of nitrogens with zero attached hydrogens (tertiary/aromatic N) is 4. The fraction of sp³-hybridized carbons (Fsp3) is 0.867. The number of amides is 4. The maximum atomic E-state index is 14.1. The minimum atomic E-state index is -1.27. The van der Waals surface area contributed by atoms with Crippen LogP contribution in [0.1, 0.15) is 59.8 Å². The summed E-state index contributed by atoms with van der Waals surface area (Å²) in [5.74, 6) is -0.407. The molecule has 5 aliphatic rings. The van der Waals surface area contributed by atoms with Crippen LogP contribution in [-0.2, 0) is 28.7 Å². The summed E-state index contributed by atoms with van der Waals surface area (Å²) in [5, 5.41) is 24.7. The molecule has 6 bridgehead atoms. The largest absolute Gasteiger partial charge is 0.388 e. The number of hydrogen-bond donors (Lipinski definition) is 3. The van der Waals surface area contributed by atoms with Gasteiger partial charge in [-0.3, -0.25) is 24.1 Å². The quantitative estimate of drug-likeness (QED) is 0.357. The van der Waals surface area contributed by atoms with Crippen LogP contribution in [0.25, 0.3) is 0 Å². The van der Waals surface area contributed by atoms with Crippen LogP contribution in [0.3, 0.4) is 0 Å². The van der Waals surface area contributed by atoms with Crippen molar-refractivity contribution in [2.75, 3.05) is 52.4 Å². The molecular formula is C30H49N5O8. The number of rotatable bonds is 2. The molecule has 0 aromatic carbocycles. The minimum absolute atomic E-state index is 0.00652. The normalized spacial score (nSPS) is 35.3. The average molecular weight is 608 g/mol. The van der Waals surface area contributed by atoms with E-state index in [0.29, 0.717) is 45.8 Å². The van der Waals surface area contributed by atoms with Gasteiger partial charge in [0.15, 0.2) is 0 Å². The van der Waals surface area contributed by atoms with Crippen LogP contribution >= 0.6 is 0 Å². The Hall–Kier alpha value is -2.32. The number of likely N-dealkylation sites (tertiary alicyclic amines) is 2. The first-order chi connectivity index (χ1) is 20.3. The van der Waals surface area contributed by atoms with Gasteiger partial charge in [-0.05, 0) is 24.7 Å². The highest BCUT2D eigenvalue weighted by molar-refractivity contribution is 5.83. The van der Waals surface area contributed by atoms with Crippen LogP contribution in [0, 0.1) is 5.41 Å². The van der Waals surface area contributed by atoms with E-state index in [1.807, 2.05) is 30.6 Å². The molecular weight excluding hydrogens is 558 g/mol. The molecule has 5 rings (SSSR count). The molecule has 43 heavy (non-hydrogen) atoms. The van der Waals surface area contributed by atoms with Gasteiger partial charge in [-0.25, -0.2) is 0 Å². The molecule has 0 radical (unpaired) electrons. The van der Waals surface area contributed by atoms with E-state index in [0.717, 1.165) is 12.8 Å². The second-order valence-corrected chi connectivity index (χ2v) is 14.2. The van der Waals surface area contributed by atoms with Gasteiger partial charge in [-0.1, -0.05) is 20.8 Å². The zero-order valence-corrected chi connectivity index (χ0v) is 25.9. The molecule has 5 aliphatic heterocycles. The van der Waals surface area contributed by atoms with Gasteiger partial charge in [-0.2, -0.15) is 0 Å². The first-order valence-electron chi connectivity index (χ1n) is 15.8. The third kappa shape index (κ3) is 7.50. The number of morpholine rings is 1. The summed E-state index contributed by atoms with van der Waals surface area (Å²) < 4.78 is 12.1. The lowest BCUT2D eigenvalue weighted by molar-refractivity contribution is -0.148. The molecule has 0 aromatic heterocycles. The minimum Gasteiger partial charge on any atom is -0.388 e. The smallest absolute Gasteiger partial charge is 0.240 e. The average Bonchev–Trinajstić information content (AvgIpc) is 3.47. The highest BCUT2D eigenvalue weighted by Crippen LogP contribution is 2.30. The highest BCUT2D eigenvalue weighted by Gasteiger charge is 2.47. The summed E-state index contributed by atoms with van der Waals surface area (Å²) in [6.07, 6.45) is -2.64. The predicted octanol–water partition coefficient (Wildman–Crippen LogP) is -1.06. The van der Waals surface area contributed by atoms with Gasteiger partial charge in [0, 0.05) is 71.2 Å². The number of hydrogen-bond acceptors (Lipinski definition) is 9. The summed E-state index contributed by atoms with van der Waals surface area (Å²) in [7, 11) is 0. The lowest BCUT2D eigenvalue weighted by atomic mass is 9.91. The Bertz CT molecular complexity index is 1060. The summed E-state index contributed by atoms with van der Waals surface area (Å²) in [6, 6.07) is -0.586. The fourth-order valence-electron chi connectivity index (χ4n) is 7.29. The maximum Gasteiger partial charge on any atom is 0.240 e. The molecule has 242 valence electrons. The molecule has 7 atom stereocenters. The Labute approximate surface area is 253 Å².